The molecule has 0 bridgehead atoms. The third-order valence-electron chi connectivity index (χ3n) is 3.21. The van der Waals surface area contributed by atoms with Crippen molar-refractivity contribution in [2.45, 2.75) is 25.1 Å². The fraction of sp³-hybridized carbons (Fsp3) is 0.429. The van der Waals surface area contributed by atoms with Gasteiger partial charge in [0.1, 0.15) is 18.4 Å². The highest BCUT2D eigenvalue weighted by molar-refractivity contribution is 5.81. The van der Waals surface area contributed by atoms with Gasteiger partial charge in [0.05, 0.1) is 6.07 Å². The SMILES string of the molecule is N#CC1CCCN1C(=O)CN(N)c1ccccn1.O=C(O)C(F)(F)F. The molecule has 1 aromatic rings. The lowest BCUT2D eigenvalue weighted by molar-refractivity contribution is -0.192. The van der Waals surface area contributed by atoms with Crippen LogP contribution < -0.4 is 10.9 Å². The van der Waals surface area contributed by atoms with Crippen molar-refractivity contribution < 1.29 is 27.9 Å². The van der Waals surface area contributed by atoms with Crippen LogP contribution in [0, 0.1) is 11.3 Å². The van der Waals surface area contributed by atoms with Crippen LogP contribution in [-0.2, 0) is 9.59 Å². The number of carbonyl (C=O) groups is 2. The van der Waals surface area contributed by atoms with Gasteiger partial charge in [-0.3, -0.25) is 9.80 Å². The Morgan fingerprint density at radius 2 is 2.12 bits per heavy atom. The van der Waals surface area contributed by atoms with Gasteiger partial charge in [0.25, 0.3) is 0 Å². The van der Waals surface area contributed by atoms with Gasteiger partial charge in [0.2, 0.25) is 5.91 Å². The summed E-state index contributed by atoms with van der Waals surface area (Å²) in [5, 5.41) is 17.4. The van der Waals surface area contributed by atoms with E-state index in [9.17, 15) is 18.0 Å². The van der Waals surface area contributed by atoms with Crippen LogP contribution in [0.15, 0.2) is 24.4 Å². The topological polar surface area (TPSA) is 124 Å². The normalized spacial score (nSPS) is 16.4. The Labute approximate surface area is 141 Å². The Balaban J connectivity index is 0.000000381. The molecule has 1 aliphatic rings. The smallest absolute Gasteiger partial charge is 0.475 e. The van der Waals surface area contributed by atoms with Crippen molar-refractivity contribution in [2.75, 3.05) is 18.1 Å². The minimum atomic E-state index is -5.08. The van der Waals surface area contributed by atoms with Crippen molar-refractivity contribution in [1.82, 2.24) is 9.88 Å². The summed E-state index contributed by atoms with van der Waals surface area (Å²) in [6, 6.07) is 7.15. The number of nitrogens with zero attached hydrogens (tertiary/aromatic N) is 4. The highest BCUT2D eigenvalue weighted by atomic mass is 19.4. The molecule has 8 nitrogen and oxygen atoms in total. The first-order valence-electron chi connectivity index (χ1n) is 7.09. The molecule has 11 heteroatoms. The number of hydrogen-bond donors (Lipinski definition) is 2. The molecule has 0 saturated carbocycles. The zero-order valence-corrected chi connectivity index (χ0v) is 13.0. The predicted molar refractivity (Wildman–Crippen MR) is 79.8 cm³/mol. The van der Waals surface area contributed by atoms with E-state index in [4.69, 9.17) is 21.0 Å². The van der Waals surface area contributed by atoms with E-state index in [1.807, 2.05) is 0 Å². The summed E-state index contributed by atoms with van der Waals surface area (Å²) >= 11 is 0. The van der Waals surface area contributed by atoms with Crippen molar-refractivity contribution >= 4 is 17.7 Å². The van der Waals surface area contributed by atoms with Gasteiger partial charge in [-0.05, 0) is 25.0 Å². The highest BCUT2D eigenvalue weighted by Gasteiger charge is 2.38. The molecular weight excluding hydrogens is 343 g/mol. The van der Waals surface area contributed by atoms with Crippen LogP contribution >= 0.6 is 0 Å². The van der Waals surface area contributed by atoms with Crippen LogP contribution in [0.2, 0.25) is 0 Å². The van der Waals surface area contributed by atoms with Crippen LogP contribution in [0.25, 0.3) is 0 Å². The van der Waals surface area contributed by atoms with Crippen LogP contribution in [0.3, 0.4) is 0 Å². The number of aromatic nitrogens is 1. The van der Waals surface area contributed by atoms with Crippen molar-refractivity contribution in [3.8, 4) is 6.07 Å². The van der Waals surface area contributed by atoms with Crippen molar-refractivity contribution in [2.24, 2.45) is 5.84 Å². The first kappa shape index (κ1) is 20.2. The number of amides is 1. The van der Waals surface area contributed by atoms with Gasteiger partial charge < -0.3 is 10.0 Å². The van der Waals surface area contributed by atoms with Crippen LogP contribution in [0.4, 0.5) is 19.0 Å². The van der Waals surface area contributed by atoms with Gasteiger partial charge in [-0.2, -0.15) is 18.4 Å². The molecule has 136 valence electrons. The molecule has 1 aliphatic heterocycles. The van der Waals surface area contributed by atoms with Crippen LogP contribution in [-0.4, -0.2) is 52.2 Å². The Kier molecular flexibility index (Phi) is 7.13. The fourth-order valence-electron chi connectivity index (χ4n) is 2.04. The molecule has 1 atom stereocenters. The zero-order valence-electron chi connectivity index (χ0n) is 13.0. The number of hydrogen-bond acceptors (Lipinski definition) is 6. The lowest BCUT2D eigenvalue weighted by Gasteiger charge is -2.23. The molecule has 0 spiro atoms. The van der Waals surface area contributed by atoms with Gasteiger partial charge >= 0.3 is 12.1 Å². The number of carbonyl (C=O) groups excluding carboxylic acids is 1. The number of halogens is 3. The third kappa shape index (κ3) is 6.27. The lowest BCUT2D eigenvalue weighted by Crippen LogP contribution is -2.45. The number of likely N-dealkylation sites (tertiary alicyclic amines) is 1. The summed E-state index contributed by atoms with van der Waals surface area (Å²) in [6.45, 7) is 0.669. The molecule has 0 radical (unpaired) electrons. The van der Waals surface area contributed by atoms with Gasteiger partial charge in [-0.25, -0.2) is 15.6 Å². The summed E-state index contributed by atoms with van der Waals surface area (Å²) in [5.74, 6) is 3.44. The number of rotatable bonds is 3. The van der Waals surface area contributed by atoms with E-state index in [0.717, 1.165) is 12.8 Å². The van der Waals surface area contributed by atoms with E-state index in [0.29, 0.717) is 12.4 Å². The second kappa shape index (κ2) is 8.84. The summed E-state index contributed by atoms with van der Waals surface area (Å²) in [4.78, 5) is 26.6. The highest BCUT2D eigenvalue weighted by Crippen LogP contribution is 2.17. The number of carboxylic acids is 1. The molecule has 2 heterocycles. The number of carboxylic acid groups (broad SMARTS) is 1. The van der Waals surface area contributed by atoms with E-state index >= 15 is 0 Å². The second-order valence-corrected chi connectivity index (χ2v) is 4.99. The minimum Gasteiger partial charge on any atom is -0.475 e. The monoisotopic (exact) mass is 359 g/mol. The van der Waals surface area contributed by atoms with Gasteiger partial charge in [0, 0.05) is 12.7 Å². The van der Waals surface area contributed by atoms with E-state index in [1.54, 1.807) is 29.3 Å². The van der Waals surface area contributed by atoms with Gasteiger partial charge in [-0.1, -0.05) is 6.07 Å². The molecule has 0 aromatic carbocycles. The van der Waals surface area contributed by atoms with E-state index in [-0.39, 0.29) is 18.5 Å². The molecule has 1 unspecified atom stereocenters. The first-order valence-corrected chi connectivity index (χ1v) is 7.09. The average molecular weight is 359 g/mol. The standard InChI is InChI=1S/C12H15N5O.C2HF3O2/c13-8-10-4-3-7-16(10)12(18)9-17(14)11-5-1-2-6-15-11;3-2(4,5)1(6)7/h1-2,5-6,10H,3-4,7,9,14H2;(H,6,7). The number of alkyl halides is 3. The zero-order chi connectivity index (χ0) is 19.0. The van der Waals surface area contributed by atoms with Crippen molar-refractivity contribution in [3.05, 3.63) is 24.4 Å². The predicted octanol–water partition coefficient (Wildman–Crippen LogP) is 0.910. The molecule has 1 fully saturated rings. The summed E-state index contributed by atoms with van der Waals surface area (Å²) in [5.41, 5.74) is 0. The maximum Gasteiger partial charge on any atom is 0.490 e. The Morgan fingerprint density at radius 1 is 1.48 bits per heavy atom. The maximum absolute atomic E-state index is 12.0. The Bertz CT molecular complexity index is 633. The Hall–Kier alpha value is -2.87. The molecule has 1 amide bonds. The molecule has 1 saturated heterocycles. The number of hydrazine groups is 1. The van der Waals surface area contributed by atoms with E-state index in [2.05, 4.69) is 11.1 Å². The molecule has 1 aromatic heterocycles. The second-order valence-electron chi connectivity index (χ2n) is 4.99. The summed E-state index contributed by atoms with van der Waals surface area (Å²) in [7, 11) is 0. The molecule has 0 aliphatic carbocycles. The van der Waals surface area contributed by atoms with Gasteiger partial charge in [-0.15, -0.1) is 0 Å². The minimum absolute atomic E-state index is 0.0369. The first-order chi connectivity index (χ1) is 11.7. The molecule has 25 heavy (non-hydrogen) atoms. The van der Waals surface area contributed by atoms with Crippen molar-refractivity contribution in [1.29, 1.82) is 5.26 Å². The van der Waals surface area contributed by atoms with Crippen molar-refractivity contribution in [3.63, 3.8) is 0 Å². The quantitative estimate of drug-likeness (QED) is 0.607. The summed E-state index contributed by atoms with van der Waals surface area (Å²) in [6.07, 6.45) is -1.85. The molecule has 2 rings (SSSR count). The number of anilines is 1. The average Bonchev–Trinajstić information content (AvgIpc) is 3.04. The number of pyridine rings is 1. The summed E-state index contributed by atoms with van der Waals surface area (Å²) < 4.78 is 31.7. The number of nitrogens with two attached hydrogens (primary N) is 1. The molecule has 3 N–H and O–H groups in total. The third-order valence-corrected chi connectivity index (χ3v) is 3.21. The van der Waals surface area contributed by atoms with Gasteiger partial charge in [0.15, 0.2) is 0 Å². The fourth-order valence-corrected chi connectivity index (χ4v) is 2.04. The van der Waals surface area contributed by atoms with Crippen LogP contribution in [0.1, 0.15) is 12.8 Å². The van der Waals surface area contributed by atoms with E-state index < -0.39 is 12.1 Å². The maximum atomic E-state index is 12.0. The van der Waals surface area contributed by atoms with E-state index in [1.165, 1.54) is 5.01 Å². The largest absolute Gasteiger partial charge is 0.490 e. The number of nitriles is 1. The lowest BCUT2D eigenvalue weighted by atomic mass is 10.2. The number of aliphatic carboxylic acids is 1. The molecular formula is C14H16F3N5O3. The van der Waals surface area contributed by atoms with Crippen LogP contribution in [0.5, 0.6) is 0 Å². The Morgan fingerprint density at radius 3 is 2.60 bits per heavy atom.